The second kappa shape index (κ2) is 4.87. The fourth-order valence-electron chi connectivity index (χ4n) is 0.414. The summed E-state index contributed by atoms with van der Waals surface area (Å²) in [6.45, 7) is 0. The minimum atomic E-state index is -0.965. The lowest BCUT2D eigenvalue weighted by molar-refractivity contribution is -0.138. The Bertz CT molecular complexity index is 120. The van der Waals surface area contributed by atoms with Gasteiger partial charge < -0.3 is 10.8 Å². The molecular formula is C5H11NO2S2. The van der Waals surface area contributed by atoms with Crippen molar-refractivity contribution in [3.63, 3.8) is 0 Å². The Kier molecular flexibility index (Phi) is 4.93. The van der Waals surface area contributed by atoms with Crippen LogP contribution >= 0.6 is 24.4 Å². The highest BCUT2D eigenvalue weighted by Crippen LogP contribution is 2.15. The van der Waals surface area contributed by atoms with Crippen molar-refractivity contribution in [1.29, 1.82) is 0 Å². The van der Waals surface area contributed by atoms with E-state index in [1.165, 1.54) is 11.8 Å². The predicted molar refractivity (Wildman–Crippen MR) is 46.5 cm³/mol. The number of hydrogen-bond donors (Lipinski definition) is 3. The molecule has 0 spiro atoms. The molecule has 0 bridgehead atoms. The number of thiol groups is 1. The number of carboxylic acids is 1. The Hall–Kier alpha value is 0.130. The summed E-state index contributed by atoms with van der Waals surface area (Å²) in [6, 6.07) is -0.782. The number of thioether (sulfide) groups is 1. The van der Waals surface area contributed by atoms with Crippen molar-refractivity contribution >= 4 is 30.4 Å². The molecule has 0 aromatic rings. The lowest BCUT2D eigenvalue weighted by Gasteiger charge is -2.09. The molecule has 0 aromatic heterocycles. The molecule has 10 heavy (non-hydrogen) atoms. The largest absolute Gasteiger partial charge is 0.480 e. The lowest BCUT2D eigenvalue weighted by atomic mass is 10.2. The van der Waals surface area contributed by atoms with Gasteiger partial charge in [-0.2, -0.15) is 24.4 Å². The van der Waals surface area contributed by atoms with Gasteiger partial charge in [0, 0.05) is 4.58 Å². The van der Waals surface area contributed by atoms with E-state index >= 15 is 0 Å². The van der Waals surface area contributed by atoms with Gasteiger partial charge in [-0.25, -0.2) is 0 Å². The lowest BCUT2D eigenvalue weighted by Crippen LogP contribution is -2.31. The first-order valence-electron chi connectivity index (χ1n) is 2.77. The molecule has 0 heterocycles. The number of rotatable bonds is 4. The van der Waals surface area contributed by atoms with Crippen LogP contribution in [0.3, 0.4) is 0 Å². The van der Waals surface area contributed by atoms with Crippen molar-refractivity contribution in [3.05, 3.63) is 0 Å². The molecule has 2 atom stereocenters. The van der Waals surface area contributed by atoms with Crippen LogP contribution in [0, 0.1) is 0 Å². The average Bonchev–Trinajstić information content (AvgIpc) is 1.87. The van der Waals surface area contributed by atoms with Gasteiger partial charge in [-0.15, -0.1) is 0 Å². The average molecular weight is 181 g/mol. The summed E-state index contributed by atoms with van der Waals surface area (Å²) in [6.07, 6.45) is 2.27. The SMILES string of the molecule is CSC(S)C[C@@H](N)C(=O)O. The molecule has 5 heteroatoms. The van der Waals surface area contributed by atoms with Gasteiger partial charge in [-0.1, -0.05) is 0 Å². The number of hydrogen-bond acceptors (Lipinski definition) is 4. The van der Waals surface area contributed by atoms with Crippen LogP contribution in [-0.2, 0) is 4.79 Å². The molecular weight excluding hydrogens is 170 g/mol. The Morgan fingerprint density at radius 3 is 2.70 bits per heavy atom. The minimum absolute atomic E-state index is 0.0195. The van der Waals surface area contributed by atoms with Crippen LogP contribution in [0.25, 0.3) is 0 Å². The van der Waals surface area contributed by atoms with E-state index in [0.29, 0.717) is 6.42 Å². The van der Waals surface area contributed by atoms with Gasteiger partial charge in [0.1, 0.15) is 6.04 Å². The second-order valence-electron chi connectivity index (χ2n) is 1.87. The molecule has 3 N–H and O–H groups in total. The van der Waals surface area contributed by atoms with Crippen LogP contribution in [0.15, 0.2) is 0 Å². The van der Waals surface area contributed by atoms with E-state index in [9.17, 15) is 4.79 Å². The summed E-state index contributed by atoms with van der Waals surface area (Å²) < 4.78 is 0.0195. The molecule has 60 valence electrons. The van der Waals surface area contributed by atoms with E-state index in [2.05, 4.69) is 12.6 Å². The number of carboxylic acid groups (broad SMARTS) is 1. The Balaban J connectivity index is 3.56. The first-order valence-corrected chi connectivity index (χ1v) is 4.57. The molecule has 0 saturated carbocycles. The van der Waals surface area contributed by atoms with Crippen LogP contribution in [-0.4, -0.2) is 28.0 Å². The summed E-state index contributed by atoms with van der Waals surface area (Å²) in [5.74, 6) is -0.965. The maximum absolute atomic E-state index is 10.2. The van der Waals surface area contributed by atoms with Gasteiger partial charge in [0.2, 0.25) is 0 Å². The van der Waals surface area contributed by atoms with Crippen LogP contribution in [0.5, 0.6) is 0 Å². The number of nitrogens with two attached hydrogens (primary N) is 1. The van der Waals surface area contributed by atoms with Crippen molar-refractivity contribution in [1.82, 2.24) is 0 Å². The zero-order valence-electron chi connectivity index (χ0n) is 5.65. The highest BCUT2D eigenvalue weighted by atomic mass is 32.2. The molecule has 0 aromatic carbocycles. The Morgan fingerprint density at radius 1 is 1.90 bits per heavy atom. The molecule has 0 aliphatic heterocycles. The van der Waals surface area contributed by atoms with Crippen molar-refractivity contribution in [2.75, 3.05) is 6.26 Å². The van der Waals surface area contributed by atoms with Crippen molar-refractivity contribution in [2.24, 2.45) is 5.73 Å². The van der Waals surface area contributed by atoms with E-state index in [0.717, 1.165) is 0 Å². The number of carbonyl (C=O) groups is 1. The summed E-state index contributed by atoms with van der Waals surface area (Å²) in [5, 5.41) is 8.36. The summed E-state index contributed by atoms with van der Waals surface area (Å²) in [4.78, 5) is 10.2. The Labute approximate surface area is 69.8 Å². The van der Waals surface area contributed by atoms with E-state index in [1.807, 2.05) is 6.26 Å². The highest BCUT2D eigenvalue weighted by molar-refractivity contribution is 8.09. The van der Waals surface area contributed by atoms with E-state index < -0.39 is 12.0 Å². The van der Waals surface area contributed by atoms with Gasteiger partial charge in [0.05, 0.1) is 0 Å². The molecule has 0 radical (unpaired) electrons. The van der Waals surface area contributed by atoms with Crippen molar-refractivity contribution < 1.29 is 9.90 Å². The molecule has 0 aliphatic rings. The predicted octanol–water partition coefficient (Wildman–Crippen LogP) is 0.407. The quantitative estimate of drug-likeness (QED) is 0.434. The zero-order valence-corrected chi connectivity index (χ0v) is 7.36. The highest BCUT2D eigenvalue weighted by Gasteiger charge is 2.14. The first-order chi connectivity index (χ1) is 4.57. The molecule has 0 rings (SSSR count). The second-order valence-corrected chi connectivity index (χ2v) is 3.88. The fourth-order valence-corrected chi connectivity index (χ4v) is 1.04. The third kappa shape index (κ3) is 4.03. The summed E-state index contributed by atoms with van der Waals surface area (Å²) >= 11 is 5.57. The summed E-state index contributed by atoms with van der Waals surface area (Å²) in [7, 11) is 0. The maximum atomic E-state index is 10.2. The van der Waals surface area contributed by atoms with Crippen LogP contribution in [0.2, 0.25) is 0 Å². The van der Waals surface area contributed by atoms with E-state index in [-0.39, 0.29) is 4.58 Å². The maximum Gasteiger partial charge on any atom is 0.320 e. The smallest absolute Gasteiger partial charge is 0.320 e. The molecule has 3 nitrogen and oxygen atoms in total. The van der Waals surface area contributed by atoms with Crippen molar-refractivity contribution in [2.45, 2.75) is 17.0 Å². The topological polar surface area (TPSA) is 63.3 Å². The molecule has 0 fully saturated rings. The van der Waals surface area contributed by atoms with Gasteiger partial charge >= 0.3 is 5.97 Å². The van der Waals surface area contributed by atoms with Crippen LogP contribution in [0.4, 0.5) is 0 Å². The van der Waals surface area contributed by atoms with Crippen LogP contribution in [0.1, 0.15) is 6.42 Å². The van der Waals surface area contributed by atoms with Crippen LogP contribution < -0.4 is 5.73 Å². The van der Waals surface area contributed by atoms with Gasteiger partial charge in [0.25, 0.3) is 0 Å². The normalized spacial score (nSPS) is 16.3. The first kappa shape index (κ1) is 10.1. The van der Waals surface area contributed by atoms with Gasteiger partial charge in [-0.05, 0) is 12.7 Å². The Morgan fingerprint density at radius 2 is 2.40 bits per heavy atom. The third-order valence-corrected chi connectivity index (χ3v) is 2.62. The minimum Gasteiger partial charge on any atom is -0.480 e. The van der Waals surface area contributed by atoms with E-state index in [1.54, 1.807) is 0 Å². The third-order valence-electron chi connectivity index (χ3n) is 1.04. The molecule has 0 amide bonds. The zero-order chi connectivity index (χ0) is 8.15. The van der Waals surface area contributed by atoms with Gasteiger partial charge in [-0.3, -0.25) is 4.79 Å². The monoisotopic (exact) mass is 181 g/mol. The van der Waals surface area contributed by atoms with Crippen molar-refractivity contribution in [3.8, 4) is 0 Å². The standard InChI is InChI=1S/C5H11NO2S2/c1-10-4(9)2-3(6)5(7)8/h3-4,9H,2,6H2,1H3,(H,7,8)/t3-,4?/m1/s1. The van der Waals surface area contributed by atoms with E-state index in [4.69, 9.17) is 10.8 Å². The number of aliphatic carboxylic acids is 1. The fraction of sp³-hybridized carbons (Fsp3) is 0.800. The molecule has 1 unspecified atom stereocenters. The molecule has 0 saturated heterocycles. The molecule has 0 aliphatic carbocycles. The summed E-state index contributed by atoms with van der Waals surface area (Å²) in [5.41, 5.74) is 5.23. The van der Waals surface area contributed by atoms with Gasteiger partial charge in [0.15, 0.2) is 0 Å².